The average Bonchev–Trinajstić information content (AvgIpc) is 2.92. The summed E-state index contributed by atoms with van der Waals surface area (Å²) in [7, 11) is 0. The maximum Gasteiger partial charge on any atom is 0.244 e. The van der Waals surface area contributed by atoms with E-state index in [0.29, 0.717) is 12.6 Å². The van der Waals surface area contributed by atoms with Crippen LogP contribution in [0.4, 0.5) is 0 Å². The van der Waals surface area contributed by atoms with E-state index in [1.54, 1.807) is 0 Å². The summed E-state index contributed by atoms with van der Waals surface area (Å²) in [5.74, 6) is -0.406. The van der Waals surface area contributed by atoms with Crippen LogP contribution in [-0.2, 0) is 14.3 Å². The van der Waals surface area contributed by atoms with E-state index in [4.69, 9.17) is 4.74 Å². The highest BCUT2D eigenvalue weighted by Crippen LogP contribution is 2.22. The first-order chi connectivity index (χ1) is 8.72. The van der Waals surface area contributed by atoms with Gasteiger partial charge in [0, 0.05) is 19.1 Å². The van der Waals surface area contributed by atoms with Crippen molar-refractivity contribution in [3.05, 3.63) is 0 Å². The number of nitrogens with zero attached hydrogens (tertiary/aromatic N) is 1. The van der Waals surface area contributed by atoms with Gasteiger partial charge in [0.25, 0.3) is 0 Å². The lowest BCUT2D eigenvalue weighted by Gasteiger charge is -2.35. The van der Waals surface area contributed by atoms with Crippen LogP contribution in [0.2, 0.25) is 0 Å². The van der Waals surface area contributed by atoms with Gasteiger partial charge >= 0.3 is 0 Å². The van der Waals surface area contributed by atoms with E-state index in [2.05, 4.69) is 15.5 Å². The van der Waals surface area contributed by atoms with Gasteiger partial charge in [-0.05, 0) is 19.4 Å². The van der Waals surface area contributed by atoms with Crippen molar-refractivity contribution in [2.24, 2.45) is 0 Å². The van der Waals surface area contributed by atoms with Gasteiger partial charge in [0.05, 0.1) is 25.2 Å². The Labute approximate surface area is 106 Å². The Bertz CT molecular complexity index is 360. The molecule has 0 aromatic rings. The molecule has 3 unspecified atom stereocenters. The first-order valence-electron chi connectivity index (χ1n) is 6.65. The number of carbonyl (C=O) groups is 2. The second kappa shape index (κ2) is 4.95. The number of nitrogens with one attached hydrogen (secondary N) is 2. The second-order valence-corrected chi connectivity index (χ2v) is 5.32. The Morgan fingerprint density at radius 3 is 3.11 bits per heavy atom. The number of amides is 2. The Morgan fingerprint density at radius 2 is 2.33 bits per heavy atom. The van der Waals surface area contributed by atoms with Gasteiger partial charge in [-0.2, -0.15) is 0 Å². The fourth-order valence-corrected chi connectivity index (χ4v) is 3.00. The zero-order chi connectivity index (χ0) is 12.5. The minimum Gasteiger partial charge on any atom is -0.374 e. The third kappa shape index (κ3) is 2.41. The first-order valence-corrected chi connectivity index (χ1v) is 6.65. The summed E-state index contributed by atoms with van der Waals surface area (Å²) in [5, 5.41) is 5.43. The summed E-state index contributed by atoms with van der Waals surface area (Å²) in [5.41, 5.74) is 0. The van der Waals surface area contributed by atoms with Crippen LogP contribution in [0.15, 0.2) is 0 Å². The van der Waals surface area contributed by atoms with Crippen molar-refractivity contribution in [3.63, 3.8) is 0 Å². The lowest BCUT2D eigenvalue weighted by atomic mass is 10.1. The van der Waals surface area contributed by atoms with Crippen molar-refractivity contribution < 1.29 is 14.3 Å². The molecule has 18 heavy (non-hydrogen) atoms. The summed E-state index contributed by atoms with van der Waals surface area (Å²) in [6, 6.07) is 0.218. The number of hydrogen-bond donors (Lipinski definition) is 2. The number of ether oxygens (including phenoxy) is 1. The van der Waals surface area contributed by atoms with Crippen LogP contribution in [-0.4, -0.2) is 61.1 Å². The van der Waals surface area contributed by atoms with Crippen molar-refractivity contribution in [2.45, 2.75) is 37.5 Å². The summed E-state index contributed by atoms with van der Waals surface area (Å²) in [4.78, 5) is 24.9. The van der Waals surface area contributed by atoms with E-state index in [1.807, 2.05) is 0 Å². The number of fused-ring (bicyclic) bond motifs is 1. The molecule has 3 aliphatic rings. The highest BCUT2D eigenvalue weighted by molar-refractivity contribution is 6.05. The minimum absolute atomic E-state index is 0.128. The van der Waals surface area contributed by atoms with Gasteiger partial charge in [-0.25, -0.2) is 0 Å². The van der Waals surface area contributed by atoms with Crippen molar-refractivity contribution in [1.29, 1.82) is 0 Å². The molecule has 100 valence electrons. The van der Waals surface area contributed by atoms with Crippen molar-refractivity contribution in [1.82, 2.24) is 15.5 Å². The van der Waals surface area contributed by atoms with Crippen molar-refractivity contribution >= 4 is 11.8 Å². The fourth-order valence-electron chi connectivity index (χ4n) is 3.00. The maximum absolute atomic E-state index is 11.4. The molecule has 3 fully saturated rings. The van der Waals surface area contributed by atoms with E-state index in [-0.39, 0.29) is 30.4 Å². The van der Waals surface area contributed by atoms with Crippen LogP contribution in [0, 0.1) is 0 Å². The molecule has 0 saturated carbocycles. The van der Waals surface area contributed by atoms with Crippen LogP contribution in [0.5, 0.6) is 0 Å². The summed E-state index contributed by atoms with van der Waals surface area (Å²) in [6.07, 6.45) is 2.87. The lowest BCUT2D eigenvalue weighted by molar-refractivity contribution is -0.125. The first kappa shape index (κ1) is 12.1. The van der Waals surface area contributed by atoms with Gasteiger partial charge in [-0.15, -0.1) is 0 Å². The normalized spacial score (nSPS) is 36.8. The summed E-state index contributed by atoms with van der Waals surface area (Å²) < 4.78 is 5.79. The molecule has 3 aliphatic heterocycles. The van der Waals surface area contributed by atoms with Crippen molar-refractivity contribution in [2.75, 3.05) is 26.2 Å². The molecule has 0 aromatic carbocycles. The van der Waals surface area contributed by atoms with Gasteiger partial charge in [0.1, 0.15) is 0 Å². The van der Waals surface area contributed by atoms with Gasteiger partial charge in [-0.3, -0.25) is 19.8 Å². The Balaban J connectivity index is 1.46. The molecular formula is C12H19N3O3. The maximum atomic E-state index is 11.4. The number of hydrogen-bond acceptors (Lipinski definition) is 5. The minimum atomic E-state index is -0.377. The highest BCUT2D eigenvalue weighted by atomic mass is 16.5. The van der Waals surface area contributed by atoms with Crippen LogP contribution >= 0.6 is 0 Å². The van der Waals surface area contributed by atoms with Crippen molar-refractivity contribution in [3.8, 4) is 0 Å². The van der Waals surface area contributed by atoms with E-state index in [9.17, 15) is 9.59 Å². The second-order valence-electron chi connectivity index (χ2n) is 5.32. The SMILES string of the molecule is O=C1CC(NCC2CN3CCCC3CO2)C(=O)N1. The molecule has 2 N–H and O–H groups in total. The molecule has 0 aromatic heterocycles. The monoisotopic (exact) mass is 253 g/mol. The molecular weight excluding hydrogens is 234 g/mol. The molecule has 0 aliphatic carbocycles. The molecule has 3 rings (SSSR count). The molecule has 0 bridgehead atoms. The number of carbonyl (C=O) groups excluding carboxylic acids is 2. The zero-order valence-electron chi connectivity index (χ0n) is 10.4. The van der Waals surface area contributed by atoms with Gasteiger partial charge in [0.15, 0.2) is 0 Å². The zero-order valence-corrected chi connectivity index (χ0v) is 10.4. The van der Waals surface area contributed by atoms with E-state index >= 15 is 0 Å². The van der Waals surface area contributed by atoms with Crippen LogP contribution in [0.1, 0.15) is 19.3 Å². The Hall–Kier alpha value is -0.980. The van der Waals surface area contributed by atoms with Crippen LogP contribution < -0.4 is 10.6 Å². The number of morpholine rings is 1. The molecule has 0 radical (unpaired) electrons. The van der Waals surface area contributed by atoms with Gasteiger partial charge < -0.3 is 10.1 Å². The average molecular weight is 253 g/mol. The van der Waals surface area contributed by atoms with Gasteiger partial charge in [0.2, 0.25) is 11.8 Å². The predicted molar refractivity (Wildman–Crippen MR) is 63.9 cm³/mol. The predicted octanol–water partition coefficient (Wildman–Crippen LogP) is -1.15. The van der Waals surface area contributed by atoms with Crippen LogP contribution in [0.25, 0.3) is 0 Å². The number of rotatable bonds is 3. The quantitative estimate of drug-likeness (QED) is 0.622. The summed E-state index contributed by atoms with van der Waals surface area (Å²) >= 11 is 0. The van der Waals surface area contributed by atoms with Crippen LogP contribution in [0.3, 0.4) is 0 Å². The standard InChI is InChI=1S/C12H19N3O3/c16-11-4-10(12(17)14-11)13-5-9-6-15-3-1-2-8(15)7-18-9/h8-10,13H,1-7H2,(H,14,16,17). The Kier molecular flexibility index (Phi) is 3.32. The number of imide groups is 1. The van der Waals surface area contributed by atoms with E-state index < -0.39 is 0 Å². The topological polar surface area (TPSA) is 70.7 Å². The van der Waals surface area contributed by atoms with E-state index in [0.717, 1.165) is 19.7 Å². The van der Waals surface area contributed by atoms with E-state index in [1.165, 1.54) is 12.8 Å². The highest BCUT2D eigenvalue weighted by Gasteiger charge is 2.34. The molecule has 3 atom stereocenters. The molecule has 6 heteroatoms. The smallest absolute Gasteiger partial charge is 0.244 e. The largest absolute Gasteiger partial charge is 0.374 e. The molecule has 0 spiro atoms. The third-order valence-electron chi connectivity index (χ3n) is 4.02. The molecule has 3 heterocycles. The Morgan fingerprint density at radius 1 is 1.44 bits per heavy atom. The fraction of sp³-hybridized carbons (Fsp3) is 0.833. The lowest BCUT2D eigenvalue weighted by Crippen LogP contribution is -2.51. The summed E-state index contributed by atoms with van der Waals surface area (Å²) in [6.45, 7) is 3.52. The third-order valence-corrected chi connectivity index (χ3v) is 4.02. The molecule has 2 amide bonds. The van der Waals surface area contributed by atoms with Gasteiger partial charge in [-0.1, -0.05) is 0 Å². The molecule has 3 saturated heterocycles. The molecule has 6 nitrogen and oxygen atoms in total.